The van der Waals surface area contributed by atoms with Crippen LogP contribution in [0.1, 0.15) is 32.3 Å². The molecule has 112 valence electrons. The summed E-state index contributed by atoms with van der Waals surface area (Å²) in [6.45, 7) is 4.44. The Morgan fingerprint density at radius 1 is 1.40 bits per heavy atom. The Kier molecular flexibility index (Phi) is 6.43. The highest BCUT2D eigenvalue weighted by Gasteiger charge is 2.25. The second-order valence-corrected chi connectivity index (χ2v) is 5.46. The minimum absolute atomic E-state index is 0.0393. The van der Waals surface area contributed by atoms with Crippen LogP contribution in [0.5, 0.6) is 0 Å². The van der Waals surface area contributed by atoms with Gasteiger partial charge in [0.05, 0.1) is 13.0 Å². The molecule has 0 saturated carbocycles. The monoisotopic (exact) mass is 301 g/mol. The Morgan fingerprint density at radius 3 is 2.55 bits per heavy atom. The van der Waals surface area contributed by atoms with Crippen LogP contribution in [0.4, 0.5) is 4.39 Å². The second-order valence-electron chi connectivity index (χ2n) is 5.05. The minimum atomic E-state index is -0.421. The van der Waals surface area contributed by atoms with Crippen molar-refractivity contribution in [1.29, 1.82) is 0 Å². The van der Waals surface area contributed by atoms with E-state index in [9.17, 15) is 14.3 Å². The summed E-state index contributed by atoms with van der Waals surface area (Å²) in [5.41, 5.74) is 0.315. The molecule has 1 aromatic carbocycles. The van der Waals surface area contributed by atoms with E-state index in [1.807, 2.05) is 13.8 Å². The third kappa shape index (κ3) is 4.46. The molecule has 1 aromatic rings. The van der Waals surface area contributed by atoms with Gasteiger partial charge in [-0.15, -0.1) is 0 Å². The molecular weight excluding hydrogens is 281 g/mol. The number of aliphatic hydroxyl groups is 1. The SMILES string of the molecule is CCC(CC)(CO)CNC(=O)Cc1ccc(F)cc1Cl. The van der Waals surface area contributed by atoms with E-state index in [0.29, 0.717) is 12.1 Å². The number of carbonyl (C=O) groups excluding carboxylic acids is 1. The second kappa shape index (κ2) is 7.60. The van der Waals surface area contributed by atoms with Gasteiger partial charge >= 0.3 is 0 Å². The average Bonchev–Trinajstić information content (AvgIpc) is 2.44. The van der Waals surface area contributed by atoms with Crippen LogP contribution >= 0.6 is 11.6 Å². The first-order valence-corrected chi connectivity index (χ1v) is 7.15. The molecule has 0 radical (unpaired) electrons. The lowest BCUT2D eigenvalue weighted by Crippen LogP contribution is -2.40. The Bertz CT molecular complexity index is 453. The van der Waals surface area contributed by atoms with Crippen molar-refractivity contribution >= 4 is 17.5 Å². The molecule has 0 fully saturated rings. The molecule has 0 aliphatic heterocycles. The van der Waals surface area contributed by atoms with Crippen LogP contribution in [-0.2, 0) is 11.2 Å². The third-order valence-electron chi connectivity index (χ3n) is 3.86. The predicted octanol–water partition coefficient (Wildman–Crippen LogP) is 2.94. The lowest BCUT2D eigenvalue weighted by Gasteiger charge is -2.29. The van der Waals surface area contributed by atoms with Crippen molar-refractivity contribution in [3.63, 3.8) is 0 Å². The van der Waals surface area contributed by atoms with Gasteiger partial charge in [0.25, 0.3) is 0 Å². The van der Waals surface area contributed by atoms with Crippen LogP contribution in [-0.4, -0.2) is 24.2 Å². The van der Waals surface area contributed by atoms with E-state index < -0.39 is 5.82 Å². The molecule has 0 heterocycles. The number of halogens is 2. The summed E-state index contributed by atoms with van der Waals surface area (Å²) in [5, 5.41) is 12.5. The number of rotatable bonds is 7. The van der Waals surface area contributed by atoms with Crippen molar-refractivity contribution in [2.24, 2.45) is 5.41 Å². The number of carbonyl (C=O) groups is 1. The van der Waals surface area contributed by atoms with Gasteiger partial charge in [-0.2, -0.15) is 0 Å². The highest BCUT2D eigenvalue weighted by Crippen LogP contribution is 2.24. The van der Waals surface area contributed by atoms with Gasteiger partial charge in [-0.3, -0.25) is 4.79 Å². The van der Waals surface area contributed by atoms with Crippen LogP contribution in [0.2, 0.25) is 5.02 Å². The molecule has 0 saturated heterocycles. The summed E-state index contributed by atoms with van der Waals surface area (Å²) in [4.78, 5) is 11.9. The fourth-order valence-corrected chi connectivity index (χ4v) is 2.20. The number of hydrogen-bond acceptors (Lipinski definition) is 2. The van der Waals surface area contributed by atoms with Crippen molar-refractivity contribution in [3.8, 4) is 0 Å². The largest absolute Gasteiger partial charge is 0.396 e. The van der Waals surface area contributed by atoms with Crippen molar-refractivity contribution in [3.05, 3.63) is 34.6 Å². The quantitative estimate of drug-likeness (QED) is 0.813. The molecule has 0 atom stereocenters. The van der Waals surface area contributed by atoms with Crippen LogP contribution in [0.3, 0.4) is 0 Å². The van der Waals surface area contributed by atoms with Gasteiger partial charge < -0.3 is 10.4 Å². The van der Waals surface area contributed by atoms with E-state index in [4.69, 9.17) is 11.6 Å². The molecule has 0 aliphatic carbocycles. The fourth-order valence-electron chi connectivity index (χ4n) is 1.97. The number of nitrogens with one attached hydrogen (secondary N) is 1. The van der Waals surface area contributed by atoms with Gasteiger partial charge in [-0.25, -0.2) is 4.39 Å². The summed E-state index contributed by atoms with van der Waals surface area (Å²) in [6.07, 6.45) is 1.68. The van der Waals surface area contributed by atoms with Gasteiger partial charge in [0.15, 0.2) is 0 Å². The van der Waals surface area contributed by atoms with E-state index >= 15 is 0 Å². The zero-order valence-electron chi connectivity index (χ0n) is 11.9. The first kappa shape index (κ1) is 16.9. The maximum atomic E-state index is 12.9. The fraction of sp³-hybridized carbons (Fsp3) is 0.533. The van der Waals surface area contributed by atoms with E-state index in [0.717, 1.165) is 12.8 Å². The number of benzene rings is 1. The van der Waals surface area contributed by atoms with Crippen molar-refractivity contribution < 1.29 is 14.3 Å². The molecule has 3 nitrogen and oxygen atoms in total. The Hall–Kier alpha value is -1.13. The molecule has 0 aromatic heterocycles. The van der Waals surface area contributed by atoms with Crippen LogP contribution in [0.25, 0.3) is 0 Å². The zero-order valence-corrected chi connectivity index (χ0v) is 12.6. The van der Waals surface area contributed by atoms with Gasteiger partial charge in [-0.05, 0) is 30.5 Å². The summed E-state index contributed by atoms with van der Waals surface area (Å²) in [7, 11) is 0. The van der Waals surface area contributed by atoms with Gasteiger partial charge in [-0.1, -0.05) is 31.5 Å². The molecule has 0 aliphatic rings. The van der Waals surface area contributed by atoms with Crippen LogP contribution in [0.15, 0.2) is 18.2 Å². The maximum Gasteiger partial charge on any atom is 0.224 e. The number of hydrogen-bond donors (Lipinski definition) is 2. The van der Waals surface area contributed by atoms with E-state index in [-0.39, 0.29) is 29.4 Å². The zero-order chi connectivity index (χ0) is 15.2. The lowest BCUT2D eigenvalue weighted by atomic mass is 9.83. The highest BCUT2D eigenvalue weighted by molar-refractivity contribution is 6.31. The summed E-state index contributed by atoms with van der Waals surface area (Å²) < 4.78 is 12.9. The van der Waals surface area contributed by atoms with E-state index in [2.05, 4.69) is 5.32 Å². The minimum Gasteiger partial charge on any atom is -0.396 e. The topological polar surface area (TPSA) is 49.3 Å². The van der Waals surface area contributed by atoms with Gasteiger partial charge in [0, 0.05) is 17.0 Å². The molecular formula is C15H21ClFNO2. The Morgan fingerprint density at radius 2 is 2.05 bits per heavy atom. The highest BCUT2D eigenvalue weighted by atomic mass is 35.5. The summed E-state index contributed by atoms with van der Waals surface area (Å²) >= 11 is 5.89. The normalized spacial score (nSPS) is 11.4. The molecule has 2 N–H and O–H groups in total. The Labute approximate surface area is 124 Å². The number of aliphatic hydroxyl groups excluding tert-OH is 1. The van der Waals surface area contributed by atoms with E-state index in [1.165, 1.54) is 18.2 Å². The van der Waals surface area contributed by atoms with E-state index in [1.54, 1.807) is 0 Å². The Balaban J connectivity index is 2.60. The molecule has 1 rings (SSSR count). The molecule has 0 unspecified atom stereocenters. The molecule has 0 bridgehead atoms. The summed E-state index contributed by atoms with van der Waals surface area (Å²) in [5.74, 6) is -0.603. The van der Waals surface area contributed by atoms with Crippen LogP contribution < -0.4 is 5.32 Å². The van der Waals surface area contributed by atoms with Gasteiger partial charge in [0.2, 0.25) is 5.91 Å². The predicted molar refractivity (Wildman–Crippen MR) is 78.2 cm³/mol. The van der Waals surface area contributed by atoms with Crippen LogP contribution in [0, 0.1) is 11.2 Å². The maximum absolute atomic E-state index is 12.9. The molecule has 1 amide bonds. The lowest BCUT2D eigenvalue weighted by molar-refractivity contribution is -0.121. The van der Waals surface area contributed by atoms with Crippen molar-refractivity contribution in [2.75, 3.05) is 13.2 Å². The third-order valence-corrected chi connectivity index (χ3v) is 4.21. The molecule has 5 heteroatoms. The first-order chi connectivity index (χ1) is 9.46. The van der Waals surface area contributed by atoms with Gasteiger partial charge in [0.1, 0.15) is 5.82 Å². The smallest absolute Gasteiger partial charge is 0.224 e. The number of amides is 1. The molecule has 0 spiro atoms. The molecule has 20 heavy (non-hydrogen) atoms. The summed E-state index contributed by atoms with van der Waals surface area (Å²) in [6, 6.07) is 3.99. The average molecular weight is 302 g/mol. The first-order valence-electron chi connectivity index (χ1n) is 6.78. The van der Waals surface area contributed by atoms with Crippen molar-refractivity contribution in [1.82, 2.24) is 5.32 Å². The standard InChI is InChI=1S/C15H21ClFNO2/c1-3-15(4-2,10-19)9-18-14(20)7-11-5-6-12(17)8-13(11)16/h5-6,8,19H,3-4,7,9-10H2,1-2H3,(H,18,20). The van der Waals surface area contributed by atoms with Crippen molar-refractivity contribution in [2.45, 2.75) is 33.1 Å².